The van der Waals surface area contributed by atoms with Crippen molar-refractivity contribution in [2.24, 2.45) is 0 Å². The molecule has 0 saturated heterocycles. The summed E-state index contributed by atoms with van der Waals surface area (Å²) < 4.78 is 140. The van der Waals surface area contributed by atoms with Crippen LogP contribution in [0.3, 0.4) is 0 Å². The van der Waals surface area contributed by atoms with E-state index in [-0.39, 0.29) is 32.7 Å². The van der Waals surface area contributed by atoms with Gasteiger partial charge in [0.1, 0.15) is 11.2 Å². The third-order valence-corrected chi connectivity index (χ3v) is 7.81. The van der Waals surface area contributed by atoms with Gasteiger partial charge >= 0.3 is 0 Å². The first-order valence-corrected chi connectivity index (χ1v) is 13.6. The van der Waals surface area contributed by atoms with Crippen molar-refractivity contribution in [3.05, 3.63) is 157 Å². The first-order valence-electron chi connectivity index (χ1n) is 21.1. The predicted octanol–water partition coefficient (Wildman–Crippen LogP) is 12.0. The molecule has 0 unspecified atom stereocenters. The molecular weight excluding hydrogens is 520 g/mol. The average molecular weight is 562 g/mol. The Labute approximate surface area is 270 Å². The maximum atomic E-state index is 9.38. The summed E-state index contributed by atoms with van der Waals surface area (Å²) in [5.41, 5.74) is 2.29. The zero-order valence-electron chi connectivity index (χ0n) is 37.3. The minimum absolute atomic E-state index is 0.0159. The molecule has 1 heteroatoms. The molecule has 9 aromatic rings. The van der Waals surface area contributed by atoms with E-state index < -0.39 is 107 Å². The van der Waals surface area contributed by atoms with E-state index in [1.807, 2.05) is 48.5 Å². The zero-order chi connectivity index (χ0) is 41.4. The van der Waals surface area contributed by atoms with Crippen LogP contribution in [-0.4, -0.2) is 0 Å². The van der Waals surface area contributed by atoms with Gasteiger partial charge in [-0.05, 0) is 83.9 Å². The second-order valence-corrected chi connectivity index (χ2v) is 10.1. The number of hydrogen-bond donors (Lipinski definition) is 0. The lowest BCUT2D eigenvalue weighted by Gasteiger charge is -2.18. The van der Waals surface area contributed by atoms with Gasteiger partial charge in [0.2, 0.25) is 0 Å². The second-order valence-electron chi connectivity index (χ2n) is 10.1. The van der Waals surface area contributed by atoms with Crippen LogP contribution < -0.4 is 0 Å². The smallest absolute Gasteiger partial charge is 0.136 e. The van der Waals surface area contributed by atoms with E-state index in [4.69, 9.17) is 18.1 Å². The summed E-state index contributed by atoms with van der Waals surface area (Å²) in [7, 11) is 0. The van der Waals surface area contributed by atoms with E-state index in [0.717, 1.165) is 16.5 Å². The van der Waals surface area contributed by atoms with Crippen molar-refractivity contribution in [1.82, 2.24) is 0 Å². The maximum Gasteiger partial charge on any atom is 0.136 e. The molecule has 0 N–H and O–H groups in total. The number of hydrogen-bond acceptors (Lipinski definition) is 1. The molecule has 0 radical (unpaired) electrons. The van der Waals surface area contributed by atoms with Crippen LogP contribution in [0.1, 0.15) is 20.6 Å². The molecule has 0 amide bonds. The molecular formula is C42H26O. The van der Waals surface area contributed by atoms with Gasteiger partial charge in [0.05, 0.1) is 20.6 Å². The highest BCUT2D eigenvalue weighted by Gasteiger charge is 2.19. The largest absolute Gasteiger partial charge is 0.456 e. The van der Waals surface area contributed by atoms with Crippen LogP contribution in [0.15, 0.2) is 162 Å². The second kappa shape index (κ2) is 9.44. The van der Waals surface area contributed by atoms with Crippen LogP contribution in [0.2, 0.25) is 0 Å². The Hall–Kier alpha value is -5.66. The molecule has 0 aliphatic rings. The topological polar surface area (TPSA) is 13.1 Å². The van der Waals surface area contributed by atoms with Gasteiger partial charge in [0, 0.05) is 10.8 Å². The standard InChI is InChI=1S/C42H26O/c1-2-12-28(13-3-1)31-21-11-23-39-42(31)37-26-29(24-25-38(37)43-39)40-33-17-6-8-19-35(33)41(36-20-9-7-18-34(36)40)32-22-10-15-27-14-4-5-16-30(27)32/h1-26H/i4D,5D,6D,7D,8D,9D,10D,14D,15D,16D,17D,18D,19D,20D,22D. The average Bonchev–Trinajstić information content (AvgIpc) is 3.61. The van der Waals surface area contributed by atoms with E-state index in [9.17, 15) is 6.85 Å². The highest BCUT2D eigenvalue weighted by atomic mass is 16.3. The minimum atomic E-state index is -0.758. The summed E-state index contributed by atoms with van der Waals surface area (Å²) in [4.78, 5) is 0. The Morgan fingerprint density at radius 2 is 1.07 bits per heavy atom. The molecule has 0 aliphatic carbocycles. The van der Waals surface area contributed by atoms with Gasteiger partial charge < -0.3 is 4.42 Å². The lowest BCUT2D eigenvalue weighted by atomic mass is 9.84. The van der Waals surface area contributed by atoms with E-state index in [1.165, 1.54) is 0 Å². The molecule has 9 rings (SSSR count). The zero-order valence-corrected chi connectivity index (χ0v) is 22.3. The quantitative estimate of drug-likeness (QED) is 0.196. The van der Waals surface area contributed by atoms with Crippen molar-refractivity contribution in [2.75, 3.05) is 0 Å². The molecule has 0 spiro atoms. The normalized spacial score (nSPS) is 16.6. The Balaban J connectivity index is 1.58. The summed E-state index contributed by atoms with van der Waals surface area (Å²) >= 11 is 0. The minimum Gasteiger partial charge on any atom is -0.456 e. The van der Waals surface area contributed by atoms with Crippen molar-refractivity contribution >= 4 is 54.3 Å². The maximum absolute atomic E-state index is 9.38. The van der Waals surface area contributed by atoms with E-state index in [0.29, 0.717) is 22.1 Å². The summed E-state index contributed by atoms with van der Waals surface area (Å²) in [5.74, 6) is 0. The highest BCUT2D eigenvalue weighted by molar-refractivity contribution is 6.24. The number of furan rings is 1. The lowest BCUT2D eigenvalue weighted by Crippen LogP contribution is -1.91. The predicted molar refractivity (Wildman–Crippen MR) is 183 cm³/mol. The van der Waals surface area contributed by atoms with Crippen LogP contribution >= 0.6 is 0 Å². The number of fused-ring (bicyclic) bond motifs is 6. The summed E-state index contributed by atoms with van der Waals surface area (Å²) in [5, 5.41) is -0.489. The van der Waals surface area contributed by atoms with Crippen molar-refractivity contribution in [2.45, 2.75) is 0 Å². The number of benzene rings is 8. The van der Waals surface area contributed by atoms with Crippen LogP contribution in [0, 0.1) is 0 Å². The highest BCUT2D eigenvalue weighted by Crippen LogP contribution is 2.46. The van der Waals surface area contributed by atoms with Crippen molar-refractivity contribution < 1.29 is 25.0 Å². The fourth-order valence-corrected chi connectivity index (χ4v) is 6.00. The first kappa shape index (κ1) is 13.5. The number of rotatable bonds is 3. The first-order chi connectivity index (χ1) is 27.6. The molecule has 200 valence electrons. The van der Waals surface area contributed by atoms with Crippen LogP contribution in [-0.2, 0) is 0 Å². The van der Waals surface area contributed by atoms with Gasteiger partial charge in [0.25, 0.3) is 0 Å². The molecule has 8 aromatic carbocycles. The molecule has 1 heterocycles. The Kier molecular flexibility index (Phi) is 2.97. The van der Waals surface area contributed by atoms with E-state index in [1.54, 1.807) is 18.2 Å². The Morgan fingerprint density at radius 1 is 0.419 bits per heavy atom. The molecule has 43 heavy (non-hydrogen) atoms. The lowest BCUT2D eigenvalue weighted by molar-refractivity contribution is 0.669. The fourth-order valence-electron chi connectivity index (χ4n) is 6.00. The monoisotopic (exact) mass is 561 g/mol. The van der Waals surface area contributed by atoms with Gasteiger partial charge in [-0.25, -0.2) is 0 Å². The van der Waals surface area contributed by atoms with Crippen LogP contribution in [0.25, 0.3) is 87.6 Å². The molecule has 0 saturated carbocycles. The van der Waals surface area contributed by atoms with Crippen LogP contribution in [0.4, 0.5) is 0 Å². The van der Waals surface area contributed by atoms with Crippen LogP contribution in [0.5, 0.6) is 0 Å². The summed E-state index contributed by atoms with van der Waals surface area (Å²) in [6.45, 7) is 0. The molecule has 1 nitrogen and oxygen atoms in total. The third-order valence-electron chi connectivity index (χ3n) is 7.81. The van der Waals surface area contributed by atoms with Gasteiger partial charge in [0.15, 0.2) is 0 Å². The van der Waals surface area contributed by atoms with E-state index in [2.05, 4.69) is 0 Å². The van der Waals surface area contributed by atoms with Gasteiger partial charge in [-0.2, -0.15) is 0 Å². The van der Waals surface area contributed by atoms with Crippen molar-refractivity contribution in [3.8, 4) is 33.4 Å². The Bertz CT molecular complexity index is 3250. The molecule has 1 aromatic heterocycles. The molecule has 0 bridgehead atoms. The molecule has 0 aliphatic heterocycles. The fraction of sp³-hybridized carbons (Fsp3) is 0. The Morgan fingerprint density at radius 3 is 1.81 bits per heavy atom. The van der Waals surface area contributed by atoms with E-state index >= 15 is 0 Å². The van der Waals surface area contributed by atoms with Crippen molar-refractivity contribution in [3.63, 3.8) is 0 Å². The molecule has 0 atom stereocenters. The summed E-state index contributed by atoms with van der Waals surface area (Å²) in [6.07, 6.45) is 0. The summed E-state index contributed by atoms with van der Waals surface area (Å²) in [6, 6.07) is 10.0. The van der Waals surface area contributed by atoms with Gasteiger partial charge in [-0.3, -0.25) is 0 Å². The van der Waals surface area contributed by atoms with Gasteiger partial charge in [-0.15, -0.1) is 0 Å². The third kappa shape index (κ3) is 3.65. The van der Waals surface area contributed by atoms with Crippen molar-refractivity contribution in [1.29, 1.82) is 0 Å². The molecule has 0 fully saturated rings. The van der Waals surface area contributed by atoms with Gasteiger partial charge in [-0.1, -0.05) is 139 Å². The SMILES string of the molecule is [2H]c1c([2H])c([2H])c2c(-c3c4c([2H])c([2H])c([2H])c([2H])c4c(-c4ccc5oc6cccc(-c7ccccc7)c6c5c4)c4c([2H])c([2H])c([2H])c([2H])c34)c([2H])c([2H])c([2H])c2c1[2H].